The summed E-state index contributed by atoms with van der Waals surface area (Å²) in [4.78, 5) is 12.8. The van der Waals surface area contributed by atoms with Crippen LogP contribution >= 0.6 is 0 Å². The quantitative estimate of drug-likeness (QED) is 0.749. The topological polar surface area (TPSA) is 88.1 Å². The molecule has 0 radical (unpaired) electrons. The Balaban J connectivity index is 1.44. The molecule has 0 aromatic carbocycles. The molecule has 0 bridgehead atoms. The largest absolute Gasteiger partial charge is 0.383 e. The van der Waals surface area contributed by atoms with Crippen molar-refractivity contribution >= 4 is 16.9 Å². The lowest BCUT2D eigenvalue weighted by atomic mass is 9.96. The highest BCUT2D eigenvalue weighted by molar-refractivity contribution is 5.86. The van der Waals surface area contributed by atoms with E-state index >= 15 is 0 Å². The number of fused-ring (bicyclic) bond motifs is 2. The molecule has 3 aromatic rings. The fraction of sp³-hybridized carbons (Fsp3) is 0.476. The molecule has 0 amide bonds. The Bertz CT molecular complexity index is 987. The van der Waals surface area contributed by atoms with Crippen molar-refractivity contribution in [2.45, 2.75) is 57.1 Å². The van der Waals surface area contributed by atoms with E-state index in [9.17, 15) is 0 Å². The van der Waals surface area contributed by atoms with Crippen LogP contribution in [0.3, 0.4) is 0 Å². The van der Waals surface area contributed by atoms with Gasteiger partial charge in [0.2, 0.25) is 0 Å². The molecule has 2 aliphatic rings. The standard InChI is InChI=1S/C21H25N5O2/c1-21(2)27-17-14(6-5-13-4-3-8-23-11-13)10-16(18(17)28-21)26-9-7-15-19(22)24-12-25-20(15)26/h3-4,7-9,11-12,14,16-18H,5-6,10H2,1-2H3,(H2,22,24,25)/t14-,16+,17+,18-/m0/s1. The Labute approximate surface area is 163 Å². The lowest BCUT2D eigenvalue weighted by Crippen LogP contribution is -2.27. The molecule has 4 heterocycles. The van der Waals surface area contributed by atoms with Crippen molar-refractivity contribution in [2.75, 3.05) is 5.73 Å². The number of pyridine rings is 1. The molecule has 2 N–H and O–H groups in total. The maximum absolute atomic E-state index is 6.34. The molecular formula is C21H25N5O2. The average Bonchev–Trinajstić information content (AvgIpc) is 3.33. The first-order valence-corrected chi connectivity index (χ1v) is 9.83. The predicted molar refractivity (Wildman–Crippen MR) is 105 cm³/mol. The fourth-order valence-electron chi connectivity index (χ4n) is 4.77. The van der Waals surface area contributed by atoms with Gasteiger partial charge < -0.3 is 19.8 Å². The summed E-state index contributed by atoms with van der Waals surface area (Å²) in [5.41, 5.74) is 8.15. The van der Waals surface area contributed by atoms with Gasteiger partial charge in [-0.3, -0.25) is 4.98 Å². The van der Waals surface area contributed by atoms with Crippen LogP contribution in [-0.2, 0) is 15.9 Å². The third-order valence-electron chi connectivity index (χ3n) is 5.98. The summed E-state index contributed by atoms with van der Waals surface area (Å²) in [7, 11) is 0. The van der Waals surface area contributed by atoms with Gasteiger partial charge in [-0.05, 0) is 56.7 Å². The molecule has 7 nitrogen and oxygen atoms in total. The third kappa shape index (κ3) is 2.95. The minimum atomic E-state index is -0.572. The second kappa shape index (κ2) is 6.53. The normalized spacial score (nSPS) is 28.6. The van der Waals surface area contributed by atoms with E-state index in [1.54, 1.807) is 0 Å². The smallest absolute Gasteiger partial charge is 0.163 e. The van der Waals surface area contributed by atoms with Crippen LogP contribution in [0.5, 0.6) is 0 Å². The number of anilines is 1. The monoisotopic (exact) mass is 379 g/mol. The number of ether oxygens (including phenoxy) is 2. The zero-order valence-electron chi connectivity index (χ0n) is 16.2. The molecule has 146 valence electrons. The molecule has 1 saturated carbocycles. The number of aryl methyl sites for hydroxylation is 1. The van der Waals surface area contributed by atoms with Crippen LogP contribution in [0.25, 0.3) is 11.0 Å². The van der Waals surface area contributed by atoms with E-state index < -0.39 is 5.79 Å². The summed E-state index contributed by atoms with van der Waals surface area (Å²) in [6, 6.07) is 6.27. The van der Waals surface area contributed by atoms with E-state index in [2.05, 4.69) is 31.8 Å². The molecule has 7 heteroatoms. The summed E-state index contributed by atoms with van der Waals surface area (Å²) in [5.74, 6) is 0.348. The number of rotatable bonds is 4. The maximum atomic E-state index is 6.34. The number of hydrogen-bond acceptors (Lipinski definition) is 6. The van der Waals surface area contributed by atoms with Gasteiger partial charge >= 0.3 is 0 Å². The number of nitrogens with two attached hydrogens (primary N) is 1. The lowest BCUT2D eigenvalue weighted by molar-refractivity contribution is -0.160. The molecule has 1 aliphatic heterocycles. The Kier molecular flexibility index (Phi) is 4.10. The summed E-state index contributed by atoms with van der Waals surface area (Å²) < 4.78 is 14.9. The van der Waals surface area contributed by atoms with Gasteiger partial charge in [0.1, 0.15) is 23.9 Å². The molecule has 0 unspecified atom stereocenters. The molecule has 1 saturated heterocycles. The minimum absolute atomic E-state index is 0.000637. The van der Waals surface area contributed by atoms with Gasteiger partial charge in [-0.25, -0.2) is 9.97 Å². The second-order valence-electron chi connectivity index (χ2n) is 8.25. The first-order valence-electron chi connectivity index (χ1n) is 9.83. The maximum Gasteiger partial charge on any atom is 0.163 e. The number of nitrogens with zero attached hydrogens (tertiary/aromatic N) is 4. The predicted octanol–water partition coefficient (Wildman–Crippen LogP) is 3.12. The van der Waals surface area contributed by atoms with E-state index in [-0.39, 0.29) is 18.2 Å². The van der Waals surface area contributed by atoms with Crippen molar-refractivity contribution in [1.82, 2.24) is 19.5 Å². The van der Waals surface area contributed by atoms with Crippen LogP contribution in [0.4, 0.5) is 5.82 Å². The zero-order valence-corrected chi connectivity index (χ0v) is 16.2. The first-order chi connectivity index (χ1) is 13.5. The molecular weight excluding hydrogens is 354 g/mol. The highest BCUT2D eigenvalue weighted by Gasteiger charge is 2.54. The molecule has 0 spiro atoms. The van der Waals surface area contributed by atoms with Gasteiger partial charge in [-0.15, -0.1) is 0 Å². The van der Waals surface area contributed by atoms with Crippen molar-refractivity contribution < 1.29 is 9.47 Å². The van der Waals surface area contributed by atoms with E-state index in [4.69, 9.17) is 15.2 Å². The van der Waals surface area contributed by atoms with Gasteiger partial charge in [0.15, 0.2) is 5.79 Å². The molecule has 2 fully saturated rings. The molecule has 1 aliphatic carbocycles. The van der Waals surface area contributed by atoms with E-state index in [1.807, 2.05) is 38.4 Å². The van der Waals surface area contributed by atoms with Crippen LogP contribution < -0.4 is 5.73 Å². The molecule has 5 rings (SSSR count). The summed E-state index contributed by atoms with van der Waals surface area (Å²) >= 11 is 0. The molecule has 28 heavy (non-hydrogen) atoms. The van der Waals surface area contributed by atoms with Gasteiger partial charge in [0.25, 0.3) is 0 Å². The first kappa shape index (κ1) is 17.6. The number of aromatic nitrogens is 4. The van der Waals surface area contributed by atoms with Crippen molar-refractivity contribution in [3.05, 3.63) is 48.7 Å². The number of nitrogen functional groups attached to an aromatic ring is 1. The molecule has 4 atom stereocenters. The fourth-order valence-corrected chi connectivity index (χ4v) is 4.77. The van der Waals surface area contributed by atoms with Gasteiger partial charge in [-0.2, -0.15) is 0 Å². The van der Waals surface area contributed by atoms with Crippen LogP contribution in [0, 0.1) is 5.92 Å². The highest BCUT2D eigenvalue weighted by Crippen LogP contribution is 2.49. The van der Waals surface area contributed by atoms with Gasteiger partial charge in [0, 0.05) is 18.6 Å². The summed E-state index contributed by atoms with van der Waals surface area (Å²) in [6.45, 7) is 3.99. The minimum Gasteiger partial charge on any atom is -0.383 e. The van der Waals surface area contributed by atoms with Crippen molar-refractivity contribution in [1.29, 1.82) is 0 Å². The van der Waals surface area contributed by atoms with Crippen molar-refractivity contribution in [3.8, 4) is 0 Å². The molecule has 3 aromatic heterocycles. The Morgan fingerprint density at radius 2 is 2.07 bits per heavy atom. The second-order valence-corrected chi connectivity index (χ2v) is 8.25. The van der Waals surface area contributed by atoms with Gasteiger partial charge in [-0.1, -0.05) is 6.07 Å². The van der Waals surface area contributed by atoms with Crippen LogP contribution in [0.2, 0.25) is 0 Å². The summed E-state index contributed by atoms with van der Waals surface area (Å²) in [5, 5.41) is 0.885. The van der Waals surface area contributed by atoms with Crippen LogP contribution in [-0.4, -0.2) is 37.5 Å². The Hall–Kier alpha value is -2.51. The summed E-state index contributed by atoms with van der Waals surface area (Å²) in [6.07, 6.45) is 10.4. The number of hydrogen-bond donors (Lipinski definition) is 1. The Morgan fingerprint density at radius 1 is 1.21 bits per heavy atom. The Morgan fingerprint density at radius 3 is 2.89 bits per heavy atom. The van der Waals surface area contributed by atoms with E-state index in [0.29, 0.717) is 11.7 Å². The lowest BCUT2D eigenvalue weighted by Gasteiger charge is -2.24. The van der Waals surface area contributed by atoms with Crippen molar-refractivity contribution in [2.24, 2.45) is 5.92 Å². The average molecular weight is 379 g/mol. The SMILES string of the molecule is CC1(C)O[C@@H]2[C@@H](CCc3cccnc3)C[C@@H](n3ccc4c(N)ncnc43)[C@@H]2O1. The van der Waals surface area contributed by atoms with E-state index in [1.165, 1.54) is 11.9 Å². The zero-order chi connectivity index (χ0) is 19.3. The highest BCUT2D eigenvalue weighted by atomic mass is 16.8. The van der Waals surface area contributed by atoms with E-state index in [0.717, 1.165) is 30.3 Å². The van der Waals surface area contributed by atoms with Crippen LogP contribution in [0.1, 0.15) is 38.3 Å². The van der Waals surface area contributed by atoms with Crippen LogP contribution in [0.15, 0.2) is 43.1 Å². The third-order valence-corrected chi connectivity index (χ3v) is 5.98. The van der Waals surface area contributed by atoms with Gasteiger partial charge in [0.05, 0.1) is 17.5 Å². The van der Waals surface area contributed by atoms with Crippen molar-refractivity contribution in [3.63, 3.8) is 0 Å².